The van der Waals surface area contributed by atoms with E-state index in [2.05, 4.69) is 10.6 Å². The average Bonchev–Trinajstić information content (AvgIpc) is 3.37. The number of hydrogen-bond acceptors (Lipinski definition) is 5. The van der Waals surface area contributed by atoms with Crippen molar-refractivity contribution in [3.63, 3.8) is 0 Å². The summed E-state index contributed by atoms with van der Waals surface area (Å²) in [6.07, 6.45) is 3.87. The van der Waals surface area contributed by atoms with Crippen molar-refractivity contribution in [2.24, 2.45) is 5.92 Å². The first-order chi connectivity index (χ1) is 13.1. The first-order valence-corrected chi connectivity index (χ1v) is 9.89. The summed E-state index contributed by atoms with van der Waals surface area (Å²) in [7, 11) is 0. The van der Waals surface area contributed by atoms with Crippen LogP contribution in [-0.2, 0) is 4.79 Å². The third-order valence-corrected chi connectivity index (χ3v) is 5.70. The monoisotopic (exact) mass is 393 g/mol. The van der Waals surface area contributed by atoms with Crippen molar-refractivity contribution in [1.82, 2.24) is 15.5 Å². The Morgan fingerprint density at radius 3 is 2.96 bits per heavy atom. The zero-order valence-electron chi connectivity index (χ0n) is 15.1. The van der Waals surface area contributed by atoms with Crippen molar-refractivity contribution in [1.29, 1.82) is 0 Å². The van der Waals surface area contributed by atoms with Crippen LogP contribution in [0.1, 0.15) is 36.0 Å². The molecule has 3 aliphatic rings. The Balaban J connectivity index is 1.35. The van der Waals surface area contributed by atoms with Gasteiger partial charge in [0.2, 0.25) is 12.7 Å². The number of rotatable bonds is 4. The normalized spacial score (nSPS) is 24.1. The Hall–Kier alpha value is -1.99. The van der Waals surface area contributed by atoms with Gasteiger partial charge in [-0.1, -0.05) is 11.6 Å². The van der Waals surface area contributed by atoms with Crippen LogP contribution in [0.15, 0.2) is 12.1 Å². The highest BCUT2D eigenvalue weighted by Crippen LogP contribution is 2.40. The maximum absolute atomic E-state index is 12.9. The number of hydrogen-bond donors (Lipinski definition) is 2. The second-order valence-corrected chi connectivity index (χ2v) is 7.75. The standard InChI is InChI=1S/C19H24ClN3O4/c20-14-7-13(8-16-17(14)27-11-26-16)19(25)23-6-2-3-12(10-23)9-22-18(24)15-4-1-5-21-15/h7-8,12,15,21H,1-6,9-11H2,(H,22,24). The minimum Gasteiger partial charge on any atom is -0.454 e. The van der Waals surface area contributed by atoms with Gasteiger partial charge in [-0.3, -0.25) is 9.59 Å². The summed E-state index contributed by atoms with van der Waals surface area (Å²) in [4.78, 5) is 26.9. The van der Waals surface area contributed by atoms with Crippen molar-refractivity contribution >= 4 is 23.4 Å². The Bertz CT molecular complexity index is 736. The van der Waals surface area contributed by atoms with E-state index in [1.165, 1.54) is 0 Å². The molecule has 0 aromatic heterocycles. The van der Waals surface area contributed by atoms with Gasteiger partial charge in [0.15, 0.2) is 11.5 Å². The van der Waals surface area contributed by atoms with E-state index in [1.54, 1.807) is 12.1 Å². The molecule has 0 spiro atoms. The van der Waals surface area contributed by atoms with Crippen molar-refractivity contribution in [3.8, 4) is 11.5 Å². The van der Waals surface area contributed by atoms with Gasteiger partial charge in [0, 0.05) is 25.2 Å². The number of ether oxygens (including phenoxy) is 2. The molecule has 8 heteroatoms. The molecular weight excluding hydrogens is 370 g/mol. The molecule has 146 valence electrons. The second kappa shape index (κ2) is 7.94. The number of carbonyl (C=O) groups excluding carboxylic acids is 2. The molecular formula is C19H24ClN3O4. The molecule has 2 fully saturated rings. The minimum atomic E-state index is -0.0675. The summed E-state index contributed by atoms with van der Waals surface area (Å²) in [5.74, 6) is 1.27. The zero-order valence-corrected chi connectivity index (χ0v) is 15.9. The lowest BCUT2D eigenvalue weighted by Gasteiger charge is -2.33. The SMILES string of the molecule is O=C(NCC1CCCN(C(=O)c2cc(Cl)c3c(c2)OCO3)C1)C1CCCN1. The van der Waals surface area contributed by atoms with Crippen LogP contribution in [0, 0.1) is 5.92 Å². The number of benzene rings is 1. The highest BCUT2D eigenvalue weighted by molar-refractivity contribution is 6.32. The van der Waals surface area contributed by atoms with Crippen LogP contribution in [0.25, 0.3) is 0 Å². The molecule has 0 bridgehead atoms. The highest BCUT2D eigenvalue weighted by atomic mass is 35.5. The van der Waals surface area contributed by atoms with Gasteiger partial charge >= 0.3 is 0 Å². The Labute approximate surface area is 163 Å². The van der Waals surface area contributed by atoms with Gasteiger partial charge in [-0.25, -0.2) is 0 Å². The summed E-state index contributed by atoms with van der Waals surface area (Å²) in [5.41, 5.74) is 0.504. The van der Waals surface area contributed by atoms with Gasteiger partial charge in [0.1, 0.15) is 0 Å². The van der Waals surface area contributed by atoms with E-state index >= 15 is 0 Å². The van der Waals surface area contributed by atoms with E-state index in [0.717, 1.165) is 32.2 Å². The smallest absolute Gasteiger partial charge is 0.254 e. The van der Waals surface area contributed by atoms with Crippen LogP contribution in [0.4, 0.5) is 0 Å². The van der Waals surface area contributed by atoms with Crippen molar-refractivity contribution in [3.05, 3.63) is 22.7 Å². The molecule has 27 heavy (non-hydrogen) atoms. The molecule has 2 unspecified atom stereocenters. The average molecular weight is 394 g/mol. The molecule has 0 radical (unpaired) electrons. The highest BCUT2D eigenvalue weighted by Gasteiger charge is 2.28. The maximum Gasteiger partial charge on any atom is 0.254 e. The summed E-state index contributed by atoms with van der Waals surface area (Å²) in [6.45, 7) is 2.96. The van der Waals surface area contributed by atoms with E-state index in [9.17, 15) is 9.59 Å². The number of carbonyl (C=O) groups is 2. The van der Waals surface area contributed by atoms with E-state index in [1.807, 2.05) is 4.90 Å². The van der Waals surface area contributed by atoms with Crippen LogP contribution in [0.5, 0.6) is 11.5 Å². The summed E-state index contributed by atoms with van der Waals surface area (Å²) < 4.78 is 10.7. The van der Waals surface area contributed by atoms with Crippen LogP contribution in [-0.4, -0.2) is 55.7 Å². The fourth-order valence-corrected chi connectivity index (χ4v) is 4.23. The molecule has 2 N–H and O–H groups in total. The van der Waals surface area contributed by atoms with E-state index in [-0.39, 0.29) is 30.6 Å². The fourth-order valence-electron chi connectivity index (χ4n) is 3.97. The van der Waals surface area contributed by atoms with Crippen LogP contribution in [0.2, 0.25) is 5.02 Å². The van der Waals surface area contributed by atoms with Gasteiger partial charge in [-0.05, 0) is 50.3 Å². The quantitative estimate of drug-likeness (QED) is 0.815. The number of halogens is 1. The second-order valence-electron chi connectivity index (χ2n) is 7.35. The van der Waals surface area contributed by atoms with E-state index in [4.69, 9.17) is 21.1 Å². The molecule has 3 aliphatic heterocycles. The van der Waals surface area contributed by atoms with Gasteiger partial charge in [0.05, 0.1) is 11.1 Å². The third-order valence-electron chi connectivity index (χ3n) is 5.42. The molecule has 2 amide bonds. The molecule has 1 aromatic rings. The summed E-state index contributed by atoms with van der Waals surface area (Å²) >= 11 is 6.20. The van der Waals surface area contributed by atoms with Gasteiger partial charge in [-0.15, -0.1) is 0 Å². The predicted octanol–water partition coefficient (Wildman–Crippen LogP) is 1.79. The number of piperidine rings is 1. The van der Waals surface area contributed by atoms with Crippen molar-refractivity contribution in [2.45, 2.75) is 31.7 Å². The number of amides is 2. The maximum atomic E-state index is 12.9. The molecule has 1 aromatic carbocycles. The van der Waals surface area contributed by atoms with Crippen LogP contribution in [0.3, 0.4) is 0 Å². The fraction of sp³-hybridized carbons (Fsp3) is 0.579. The Morgan fingerprint density at radius 1 is 1.26 bits per heavy atom. The zero-order chi connectivity index (χ0) is 18.8. The lowest BCUT2D eigenvalue weighted by Crippen LogP contribution is -2.46. The Morgan fingerprint density at radius 2 is 2.15 bits per heavy atom. The third kappa shape index (κ3) is 3.99. The topological polar surface area (TPSA) is 79.9 Å². The molecule has 4 rings (SSSR count). The molecule has 3 heterocycles. The summed E-state index contributed by atoms with van der Waals surface area (Å²) in [6, 6.07) is 3.25. The van der Waals surface area contributed by atoms with Gasteiger partial charge in [-0.2, -0.15) is 0 Å². The first kappa shape index (κ1) is 18.4. The van der Waals surface area contributed by atoms with Gasteiger partial charge in [0.25, 0.3) is 5.91 Å². The molecule has 2 saturated heterocycles. The van der Waals surface area contributed by atoms with E-state index in [0.29, 0.717) is 41.7 Å². The first-order valence-electron chi connectivity index (χ1n) is 9.51. The molecule has 7 nitrogen and oxygen atoms in total. The predicted molar refractivity (Wildman–Crippen MR) is 100 cm³/mol. The Kier molecular flexibility index (Phi) is 5.41. The molecule has 0 aliphatic carbocycles. The largest absolute Gasteiger partial charge is 0.454 e. The molecule has 0 saturated carbocycles. The number of nitrogens with zero attached hydrogens (tertiary/aromatic N) is 1. The summed E-state index contributed by atoms with van der Waals surface area (Å²) in [5, 5.41) is 6.63. The van der Waals surface area contributed by atoms with Crippen molar-refractivity contribution < 1.29 is 19.1 Å². The van der Waals surface area contributed by atoms with Crippen LogP contribution < -0.4 is 20.1 Å². The lowest BCUT2D eigenvalue weighted by atomic mass is 9.97. The lowest BCUT2D eigenvalue weighted by molar-refractivity contribution is -0.123. The minimum absolute atomic E-state index is 0.0660. The number of fused-ring (bicyclic) bond motifs is 1. The van der Waals surface area contributed by atoms with Gasteiger partial charge < -0.3 is 25.0 Å². The number of nitrogens with one attached hydrogen (secondary N) is 2. The molecule has 2 atom stereocenters. The van der Waals surface area contributed by atoms with Crippen LogP contribution >= 0.6 is 11.6 Å². The van der Waals surface area contributed by atoms with Crippen molar-refractivity contribution in [2.75, 3.05) is 33.0 Å². The van der Waals surface area contributed by atoms with E-state index < -0.39 is 0 Å². The number of likely N-dealkylation sites (tertiary alicyclic amines) is 1.